The van der Waals surface area contributed by atoms with Gasteiger partial charge in [-0.05, 0) is 23.9 Å². The van der Waals surface area contributed by atoms with Gasteiger partial charge in [-0.3, -0.25) is 4.57 Å². The largest absolute Gasteiger partial charge is 0.406 e. The molecule has 0 fully saturated rings. The number of rotatable bonds is 6. The maximum Gasteiger partial charge on any atom is 0.406 e. The monoisotopic (exact) mass is 227 g/mol. The Balaban J connectivity index is 2.96. The van der Waals surface area contributed by atoms with Crippen LogP contribution in [-0.2, 0) is 6.54 Å². The molecule has 0 amide bonds. The predicted octanol–water partition coefficient (Wildman–Crippen LogP) is 0.751. The highest BCUT2D eigenvalue weighted by Gasteiger charge is 2.23. The lowest BCUT2D eigenvalue weighted by Gasteiger charge is -2.07. The van der Waals surface area contributed by atoms with Crippen LogP contribution in [0.25, 0.3) is 0 Å². The van der Waals surface area contributed by atoms with Crippen molar-refractivity contribution in [2.45, 2.75) is 20.4 Å². The van der Waals surface area contributed by atoms with E-state index in [0.717, 1.165) is 6.54 Å². The van der Waals surface area contributed by atoms with Gasteiger partial charge in [0.2, 0.25) is 11.6 Å². The molecule has 0 atom stereocenters. The van der Waals surface area contributed by atoms with Crippen molar-refractivity contribution >= 4 is 11.6 Å². The molecule has 2 N–H and O–H groups in total. The highest BCUT2D eigenvalue weighted by Crippen LogP contribution is 2.24. The summed E-state index contributed by atoms with van der Waals surface area (Å²) in [5, 5.41) is 16.8. The SMILES string of the molecule is CCn1c(C)nc([N+](=O)[O-])c1NCCNC. The van der Waals surface area contributed by atoms with Crippen molar-refractivity contribution in [3.63, 3.8) is 0 Å². The normalized spacial score (nSPS) is 10.4. The van der Waals surface area contributed by atoms with Gasteiger partial charge in [0.1, 0.15) is 0 Å². The molecule has 0 saturated carbocycles. The van der Waals surface area contributed by atoms with Crippen LogP contribution < -0.4 is 10.6 Å². The molecule has 0 aromatic carbocycles. The van der Waals surface area contributed by atoms with Crippen LogP contribution in [0.5, 0.6) is 0 Å². The van der Waals surface area contributed by atoms with E-state index in [2.05, 4.69) is 15.6 Å². The van der Waals surface area contributed by atoms with Gasteiger partial charge in [0, 0.05) is 26.6 Å². The molecule has 1 aromatic heterocycles. The van der Waals surface area contributed by atoms with Crippen LogP contribution in [0.15, 0.2) is 0 Å². The number of anilines is 1. The second kappa shape index (κ2) is 5.45. The molecule has 1 aromatic rings. The van der Waals surface area contributed by atoms with E-state index in [-0.39, 0.29) is 5.82 Å². The van der Waals surface area contributed by atoms with E-state index in [1.807, 2.05) is 14.0 Å². The Bertz CT molecular complexity index is 374. The van der Waals surface area contributed by atoms with E-state index in [9.17, 15) is 10.1 Å². The van der Waals surface area contributed by atoms with Crippen molar-refractivity contribution in [3.8, 4) is 0 Å². The van der Waals surface area contributed by atoms with Gasteiger partial charge in [0.05, 0.1) is 0 Å². The van der Waals surface area contributed by atoms with Crippen LogP contribution in [0, 0.1) is 17.0 Å². The molecule has 0 aliphatic heterocycles. The number of nitrogens with zero attached hydrogens (tertiary/aromatic N) is 3. The number of nitro groups is 1. The Morgan fingerprint density at radius 3 is 2.69 bits per heavy atom. The summed E-state index contributed by atoms with van der Waals surface area (Å²) in [6.45, 7) is 5.73. The van der Waals surface area contributed by atoms with Crippen LogP contribution in [0.1, 0.15) is 12.7 Å². The number of imidazole rings is 1. The maximum absolute atomic E-state index is 10.8. The third kappa shape index (κ3) is 2.48. The zero-order chi connectivity index (χ0) is 12.1. The van der Waals surface area contributed by atoms with E-state index >= 15 is 0 Å². The number of nitrogens with one attached hydrogen (secondary N) is 2. The zero-order valence-electron chi connectivity index (χ0n) is 9.78. The summed E-state index contributed by atoms with van der Waals surface area (Å²) in [6, 6.07) is 0. The summed E-state index contributed by atoms with van der Waals surface area (Å²) >= 11 is 0. The van der Waals surface area contributed by atoms with Gasteiger partial charge in [-0.2, -0.15) is 0 Å². The summed E-state index contributed by atoms with van der Waals surface area (Å²) in [5.74, 6) is 1.04. The van der Waals surface area contributed by atoms with Crippen LogP contribution in [0.2, 0.25) is 0 Å². The molecule has 0 spiro atoms. The molecule has 1 heterocycles. The third-order valence-electron chi connectivity index (χ3n) is 2.30. The smallest absolute Gasteiger partial charge is 0.363 e. The lowest BCUT2D eigenvalue weighted by atomic mass is 10.5. The van der Waals surface area contributed by atoms with Crippen LogP contribution in [0.3, 0.4) is 0 Å². The quantitative estimate of drug-likeness (QED) is 0.425. The van der Waals surface area contributed by atoms with Crippen LogP contribution in [0.4, 0.5) is 11.6 Å². The minimum atomic E-state index is -0.457. The second-order valence-corrected chi connectivity index (χ2v) is 3.36. The molecular formula is C9H17N5O2. The molecular weight excluding hydrogens is 210 g/mol. The van der Waals surface area contributed by atoms with Gasteiger partial charge >= 0.3 is 5.82 Å². The molecule has 16 heavy (non-hydrogen) atoms. The summed E-state index contributed by atoms with van der Waals surface area (Å²) in [5.41, 5.74) is 0. The number of aromatic nitrogens is 2. The molecule has 0 radical (unpaired) electrons. The van der Waals surface area contributed by atoms with Crippen molar-refractivity contribution < 1.29 is 4.92 Å². The van der Waals surface area contributed by atoms with Crippen molar-refractivity contribution in [1.29, 1.82) is 0 Å². The molecule has 0 bridgehead atoms. The van der Waals surface area contributed by atoms with Gasteiger partial charge in [-0.15, -0.1) is 0 Å². The number of hydrogen-bond acceptors (Lipinski definition) is 5. The van der Waals surface area contributed by atoms with Crippen LogP contribution >= 0.6 is 0 Å². The van der Waals surface area contributed by atoms with Crippen molar-refractivity contribution in [1.82, 2.24) is 14.9 Å². The molecule has 1 rings (SSSR count). The second-order valence-electron chi connectivity index (χ2n) is 3.36. The molecule has 0 unspecified atom stereocenters. The molecule has 0 aliphatic rings. The Hall–Kier alpha value is -1.63. The van der Waals surface area contributed by atoms with Gasteiger partial charge in [0.15, 0.2) is 0 Å². The lowest BCUT2D eigenvalue weighted by molar-refractivity contribution is -0.388. The van der Waals surface area contributed by atoms with Gasteiger partial charge in [-0.25, -0.2) is 0 Å². The van der Waals surface area contributed by atoms with E-state index in [1.54, 1.807) is 11.5 Å². The Kier molecular flexibility index (Phi) is 4.24. The summed E-state index contributed by atoms with van der Waals surface area (Å²) in [4.78, 5) is 14.3. The summed E-state index contributed by atoms with van der Waals surface area (Å²) in [6.07, 6.45) is 0. The van der Waals surface area contributed by atoms with E-state index in [0.29, 0.717) is 24.7 Å². The number of hydrogen-bond donors (Lipinski definition) is 2. The fourth-order valence-electron chi connectivity index (χ4n) is 1.54. The van der Waals surface area contributed by atoms with E-state index < -0.39 is 4.92 Å². The number of likely N-dealkylation sites (N-methyl/N-ethyl adjacent to an activating group) is 1. The Labute approximate surface area is 94.0 Å². The minimum absolute atomic E-state index is 0.101. The third-order valence-corrected chi connectivity index (χ3v) is 2.30. The summed E-state index contributed by atoms with van der Waals surface area (Å²) in [7, 11) is 1.83. The van der Waals surface area contributed by atoms with Crippen molar-refractivity contribution in [2.24, 2.45) is 0 Å². The van der Waals surface area contributed by atoms with Crippen LogP contribution in [-0.4, -0.2) is 34.6 Å². The Morgan fingerprint density at radius 1 is 1.50 bits per heavy atom. The fourth-order valence-corrected chi connectivity index (χ4v) is 1.54. The first kappa shape index (κ1) is 12.4. The highest BCUT2D eigenvalue weighted by molar-refractivity contribution is 5.53. The zero-order valence-corrected chi connectivity index (χ0v) is 9.78. The first-order valence-electron chi connectivity index (χ1n) is 5.21. The number of aryl methyl sites for hydroxylation is 1. The van der Waals surface area contributed by atoms with E-state index in [1.165, 1.54) is 0 Å². The maximum atomic E-state index is 10.8. The minimum Gasteiger partial charge on any atom is -0.363 e. The average molecular weight is 227 g/mol. The van der Waals surface area contributed by atoms with Gasteiger partial charge < -0.3 is 20.7 Å². The topological polar surface area (TPSA) is 85.0 Å². The summed E-state index contributed by atoms with van der Waals surface area (Å²) < 4.78 is 1.80. The molecule has 90 valence electrons. The lowest BCUT2D eigenvalue weighted by Crippen LogP contribution is -2.19. The first-order valence-corrected chi connectivity index (χ1v) is 5.21. The standard InChI is InChI=1S/C9H17N5O2/c1-4-13-7(2)12-9(14(15)16)8(13)11-6-5-10-3/h10-11H,4-6H2,1-3H3. The molecule has 0 saturated heterocycles. The average Bonchev–Trinajstić information content (AvgIpc) is 2.55. The van der Waals surface area contributed by atoms with Gasteiger partial charge in [0.25, 0.3) is 0 Å². The van der Waals surface area contributed by atoms with Crippen molar-refractivity contribution in [3.05, 3.63) is 15.9 Å². The Morgan fingerprint density at radius 2 is 2.19 bits per heavy atom. The first-order chi connectivity index (χ1) is 7.61. The molecule has 0 aliphatic carbocycles. The van der Waals surface area contributed by atoms with Crippen molar-refractivity contribution in [2.75, 3.05) is 25.5 Å². The highest BCUT2D eigenvalue weighted by atomic mass is 16.6. The predicted molar refractivity (Wildman–Crippen MR) is 61.7 cm³/mol. The molecule has 7 nitrogen and oxygen atoms in total. The molecule has 7 heteroatoms. The van der Waals surface area contributed by atoms with Gasteiger partial charge in [-0.1, -0.05) is 0 Å². The fraction of sp³-hybridized carbons (Fsp3) is 0.667. The van der Waals surface area contributed by atoms with E-state index in [4.69, 9.17) is 0 Å².